The van der Waals surface area contributed by atoms with Crippen LogP contribution in [-0.2, 0) is 17.9 Å². The van der Waals surface area contributed by atoms with Gasteiger partial charge < -0.3 is 20.2 Å². The number of nitrogens with zero attached hydrogens (tertiary/aromatic N) is 3. The molecule has 0 bridgehead atoms. The summed E-state index contributed by atoms with van der Waals surface area (Å²) >= 11 is 0. The molecule has 4 aromatic rings. The zero-order valence-electron chi connectivity index (χ0n) is 19.1. The molecule has 1 amide bonds. The maximum Gasteiger partial charge on any atom is 0.329 e. The molecule has 0 unspecified atom stereocenters. The van der Waals surface area contributed by atoms with Gasteiger partial charge in [-0.3, -0.25) is 18.7 Å². The predicted octanol–water partition coefficient (Wildman–Crippen LogP) is 1.91. The van der Waals surface area contributed by atoms with Crippen molar-refractivity contribution in [3.05, 3.63) is 82.3 Å². The molecule has 0 spiro atoms. The second-order valence-electron chi connectivity index (χ2n) is 8.25. The highest BCUT2D eigenvalue weighted by molar-refractivity contribution is 5.97. The second-order valence-corrected chi connectivity index (χ2v) is 8.25. The number of aliphatic carboxylic acids is 1. The standard InChI is InChI=1S/C26H27N3O6/c30-14-12-27(13-15-31)25(34)19-8-9-22-23(16-19)28(11-10-24(32)33)26(35)29(22)17-20-6-3-5-18-4-1-2-7-21(18)20/h1-9,16,30-31H,10-15,17H2,(H,32,33). The summed E-state index contributed by atoms with van der Waals surface area (Å²) in [6, 6.07) is 18.6. The summed E-state index contributed by atoms with van der Waals surface area (Å²) < 4.78 is 2.97. The molecule has 1 aromatic heterocycles. The number of hydrogen-bond donors (Lipinski definition) is 3. The number of hydrogen-bond acceptors (Lipinski definition) is 5. The molecule has 0 radical (unpaired) electrons. The Morgan fingerprint density at radius 2 is 1.57 bits per heavy atom. The Morgan fingerprint density at radius 3 is 2.29 bits per heavy atom. The molecule has 182 valence electrons. The van der Waals surface area contributed by atoms with Crippen molar-refractivity contribution in [2.75, 3.05) is 26.3 Å². The van der Waals surface area contributed by atoms with Crippen LogP contribution in [-0.4, -0.2) is 67.5 Å². The van der Waals surface area contributed by atoms with Crippen molar-refractivity contribution in [2.45, 2.75) is 19.5 Å². The lowest BCUT2D eigenvalue weighted by molar-refractivity contribution is -0.137. The number of benzene rings is 3. The largest absolute Gasteiger partial charge is 0.481 e. The van der Waals surface area contributed by atoms with E-state index in [2.05, 4.69) is 0 Å². The summed E-state index contributed by atoms with van der Waals surface area (Å²) in [5, 5.41) is 29.8. The summed E-state index contributed by atoms with van der Waals surface area (Å²) in [5.74, 6) is -1.43. The van der Waals surface area contributed by atoms with Crippen LogP contribution in [0.5, 0.6) is 0 Å². The summed E-state index contributed by atoms with van der Waals surface area (Å²) in [6.07, 6.45) is -0.243. The van der Waals surface area contributed by atoms with Gasteiger partial charge in [0.2, 0.25) is 0 Å². The lowest BCUT2D eigenvalue weighted by Crippen LogP contribution is -2.35. The Hall–Kier alpha value is -3.95. The van der Waals surface area contributed by atoms with Crippen molar-refractivity contribution in [3.8, 4) is 0 Å². The van der Waals surface area contributed by atoms with E-state index in [0.29, 0.717) is 11.0 Å². The van der Waals surface area contributed by atoms with Crippen LogP contribution in [0.2, 0.25) is 0 Å². The van der Waals surface area contributed by atoms with E-state index < -0.39 is 11.9 Å². The quantitative estimate of drug-likeness (QED) is 0.320. The minimum atomic E-state index is -1.03. The Balaban J connectivity index is 1.82. The fourth-order valence-electron chi connectivity index (χ4n) is 4.37. The molecule has 0 aliphatic heterocycles. The van der Waals surface area contributed by atoms with E-state index in [0.717, 1.165) is 16.3 Å². The number of imidazole rings is 1. The first-order valence-electron chi connectivity index (χ1n) is 11.4. The molecule has 0 fully saturated rings. The Morgan fingerprint density at radius 1 is 0.857 bits per heavy atom. The first-order chi connectivity index (χ1) is 16.9. The van der Waals surface area contributed by atoms with Crippen molar-refractivity contribution in [2.24, 2.45) is 0 Å². The van der Waals surface area contributed by atoms with Crippen molar-refractivity contribution in [3.63, 3.8) is 0 Å². The zero-order chi connectivity index (χ0) is 24.9. The number of amides is 1. The first-order valence-corrected chi connectivity index (χ1v) is 11.4. The van der Waals surface area contributed by atoms with Crippen LogP contribution in [0.1, 0.15) is 22.3 Å². The molecule has 0 aliphatic rings. The lowest BCUT2D eigenvalue weighted by atomic mass is 10.0. The molecule has 4 rings (SSSR count). The van der Waals surface area contributed by atoms with Crippen LogP contribution in [0, 0.1) is 0 Å². The van der Waals surface area contributed by atoms with E-state index in [4.69, 9.17) is 0 Å². The van der Waals surface area contributed by atoms with E-state index in [1.807, 2.05) is 42.5 Å². The number of aliphatic hydroxyl groups is 2. The molecule has 9 nitrogen and oxygen atoms in total. The molecule has 0 saturated heterocycles. The molecule has 3 aromatic carbocycles. The Bertz CT molecular complexity index is 1430. The van der Waals surface area contributed by atoms with Gasteiger partial charge in [0.1, 0.15) is 0 Å². The van der Waals surface area contributed by atoms with E-state index in [1.165, 1.54) is 9.47 Å². The van der Waals surface area contributed by atoms with Crippen LogP contribution in [0.25, 0.3) is 21.8 Å². The molecule has 1 heterocycles. The zero-order valence-corrected chi connectivity index (χ0v) is 19.1. The SMILES string of the molecule is O=C(O)CCn1c(=O)n(Cc2cccc3ccccc23)c2ccc(C(=O)N(CCO)CCO)cc21. The van der Waals surface area contributed by atoms with Gasteiger partial charge in [-0.15, -0.1) is 0 Å². The predicted molar refractivity (Wildman–Crippen MR) is 132 cm³/mol. The van der Waals surface area contributed by atoms with Crippen molar-refractivity contribution < 1.29 is 24.9 Å². The van der Waals surface area contributed by atoms with Gasteiger partial charge in [-0.05, 0) is 34.5 Å². The molecule has 0 atom stereocenters. The van der Waals surface area contributed by atoms with Crippen LogP contribution < -0.4 is 5.69 Å². The maximum atomic E-state index is 13.4. The van der Waals surface area contributed by atoms with Crippen LogP contribution in [0.15, 0.2) is 65.5 Å². The van der Waals surface area contributed by atoms with Gasteiger partial charge in [-0.2, -0.15) is 0 Å². The topological polar surface area (TPSA) is 125 Å². The van der Waals surface area contributed by atoms with Gasteiger partial charge in [0.15, 0.2) is 0 Å². The normalized spacial score (nSPS) is 11.3. The van der Waals surface area contributed by atoms with E-state index >= 15 is 0 Å². The number of rotatable bonds is 10. The average Bonchev–Trinajstić information content (AvgIpc) is 3.12. The Kier molecular flexibility index (Phi) is 7.28. The fourth-order valence-corrected chi connectivity index (χ4v) is 4.37. The second kappa shape index (κ2) is 10.5. The van der Waals surface area contributed by atoms with Gasteiger partial charge in [-0.1, -0.05) is 42.5 Å². The van der Waals surface area contributed by atoms with E-state index in [9.17, 15) is 29.7 Å². The van der Waals surface area contributed by atoms with Crippen molar-refractivity contribution in [1.29, 1.82) is 0 Å². The molecule has 3 N–H and O–H groups in total. The first kappa shape index (κ1) is 24.2. The molecular weight excluding hydrogens is 450 g/mol. The molecule has 0 saturated carbocycles. The van der Waals surface area contributed by atoms with Gasteiger partial charge in [-0.25, -0.2) is 4.79 Å². The number of aliphatic hydroxyl groups excluding tert-OH is 2. The van der Waals surface area contributed by atoms with Crippen LogP contribution in [0.3, 0.4) is 0 Å². The monoisotopic (exact) mass is 477 g/mol. The number of carbonyl (C=O) groups excluding carboxylic acids is 1. The van der Waals surface area contributed by atoms with Crippen LogP contribution >= 0.6 is 0 Å². The third kappa shape index (κ3) is 4.96. The highest BCUT2D eigenvalue weighted by Crippen LogP contribution is 2.22. The molecule has 9 heteroatoms. The van der Waals surface area contributed by atoms with E-state index in [1.54, 1.807) is 22.8 Å². The van der Waals surface area contributed by atoms with Crippen molar-refractivity contribution >= 4 is 33.7 Å². The summed E-state index contributed by atoms with van der Waals surface area (Å²) in [7, 11) is 0. The summed E-state index contributed by atoms with van der Waals surface area (Å²) in [6.45, 7) is -0.138. The van der Waals surface area contributed by atoms with Gasteiger partial charge >= 0.3 is 11.7 Å². The molecule has 35 heavy (non-hydrogen) atoms. The minimum absolute atomic E-state index is 0.0398. The van der Waals surface area contributed by atoms with Crippen LogP contribution in [0.4, 0.5) is 0 Å². The Labute approximate surface area is 201 Å². The smallest absolute Gasteiger partial charge is 0.329 e. The fraction of sp³-hybridized carbons (Fsp3) is 0.269. The summed E-state index contributed by atoms with van der Waals surface area (Å²) in [4.78, 5) is 39.0. The van der Waals surface area contributed by atoms with Crippen molar-refractivity contribution in [1.82, 2.24) is 14.0 Å². The third-order valence-electron chi connectivity index (χ3n) is 6.05. The van der Waals surface area contributed by atoms with E-state index in [-0.39, 0.29) is 57.1 Å². The number of fused-ring (bicyclic) bond motifs is 2. The van der Waals surface area contributed by atoms with Gasteiger partial charge in [0.05, 0.1) is 37.2 Å². The molecular formula is C26H27N3O6. The third-order valence-corrected chi connectivity index (χ3v) is 6.05. The van der Waals surface area contributed by atoms with Gasteiger partial charge in [0, 0.05) is 25.2 Å². The van der Waals surface area contributed by atoms with Gasteiger partial charge in [0.25, 0.3) is 5.91 Å². The number of aryl methyl sites for hydroxylation is 1. The number of carboxylic acid groups (broad SMARTS) is 1. The maximum absolute atomic E-state index is 13.4. The summed E-state index contributed by atoms with van der Waals surface area (Å²) in [5.41, 5.74) is 1.91. The highest BCUT2D eigenvalue weighted by atomic mass is 16.4. The lowest BCUT2D eigenvalue weighted by Gasteiger charge is -2.20. The average molecular weight is 478 g/mol. The number of carboxylic acids is 1. The minimum Gasteiger partial charge on any atom is -0.481 e. The highest BCUT2D eigenvalue weighted by Gasteiger charge is 2.20. The number of aromatic nitrogens is 2. The molecule has 0 aliphatic carbocycles. The number of carbonyl (C=O) groups is 2.